The highest BCUT2D eigenvalue weighted by Crippen LogP contribution is 1.95. The quantitative estimate of drug-likeness (QED) is 0.590. The number of rotatable bonds is 3. The van der Waals surface area contributed by atoms with E-state index in [9.17, 15) is 4.21 Å². The molecule has 3 nitrogen and oxygen atoms in total. The van der Waals surface area contributed by atoms with Gasteiger partial charge in [-0.15, -0.1) is 0 Å². The SMILES string of the molecule is CCC(C)OS(=O)O. The minimum absolute atomic E-state index is 0.124. The second-order valence-corrected chi connectivity index (χ2v) is 2.16. The second-order valence-electron chi connectivity index (χ2n) is 1.53. The van der Waals surface area contributed by atoms with Gasteiger partial charge < -0.3 is 0 Å². The van der Waals surface area contributed by atoms with Crippen molar-refractivity contribution in [1.29, 1.82) is 0 Å². The van der Waals surface area contributed by atoms with E-state index in [2.05, 4.69) is 4.18 Å². The van der Waals surface area contributed by atoms with Crippen molar-refractivity contribution in [3.63, 3.8) is 0 Å². The molecule has 8 heavy (non-hydrogen) atoms. The Hall–Kier alpha value is 0.0700. The summed E-state index contributed by atoms with van der Waals surface area (Å²) in [7, 11) is 0. The number of hydrogen-bond donors (Lipinski definition) is 1. The predicted molar refractivity (Wildman–Crippen MR) is 31.6 cm³/mol. The largest absolute Gasteiger partial charge is 0.302 e. The van der Waals surface area contributed by atoms with E-state index in [-0.39, 0.29) is 6.10 Å². The van der Waals surface area contributed by atoms with Gasteiger partial charge in [0.2, 0.25) is 0 Å². The first-order chi connectivity index (χ1) is 3.66. The molecule has 0 saturated heterocycles. The van der Waals surface area contributed by atoms with E-state index in [1.807, 2.05) is 6.92 Å². The minimum Gasteiger partial charge on any atom is -0.284 e. The summed E-state index contributed by atoms with van der Waals surface area (Å²) in [5.41, 5.74) is 0. The third-order valence-corrected chi connectivity index (χ3v) is 1.31. The Morgan fingerprint density at radius 3 is 2.50 bits per heavy atom. The van der Waals surface area contributed by atoms with Crippen LogP contribution in [-0.4, -0.2) is 14.9 Å². The first kappa shape index (κ1) is 8.07. The molecule has 0 aliphatic carbocycles. The molecule has 2 unspecified atom stereocenters. The zero-order valence-electron chi connectivity index (χ0n) is 4.96. The second kappa shape index (κ2) is 4.00. The third kappa shape index (κ3) is 4.23. The van der Waals surface area contributed by atoms with Crippen molar-refractivity contribution in [2.24, 2.45) is 0 Å². The zero-order chi connectivity index (χ0) is 6.57. The highest BCUT2D eigenvalue weighted by molar-refractivity contribution is 7.74. The van der Waals surface area contributed by atoms with E-state index < -0.39 is 11.4 Å². The van der Waals surface area contributed by atoms with Crippen LogP contribution in [0.15, 0.2) is 0 Å². The van der Waals surface area contributed by atoms with Crippen LogP contribution < -0.4 is 0 Å². The highest BCUT2D eigenvalue weighted by atomic mass is 32.2. The molecule has 0 heterocycles. The Kier molecular flexibility index (Phi) is 4.03. The summed E-state index contributed by atoms with van der Waals surface area (Å²) in [6.07, 6.45) is 0.632. The normalized spacial score (nSPS) is 17.9. The molecule has 4 heteroatoms. The Balaban J connectivity index is 3.24. The summed E-state index contributed by atoms with van der Waals surface area (Å²) in [5.74, 6) is 0. The van der Waals surface area contributed by atoms with Crippen molar-refractivity contribution < 1.29 is 12.9 Å². The van der Waals surface area contributed by atoms with E-state index in [0.29, 0.717) is 0 Å². The van der Waals surface area contributed by atoms with Gasteiger partial charge in [-0.05, 0) is 13.3 Å². The highest BCUT2D eigenvalue weighted by Gasteiger charge is 2.00. The molecule has 0 aliphatic heterocycles. The number of hydrogen-bond acceptors (Lipinski definition) is 2. The van der Waals surface area contributed by atoms with Crippen LogP contribution in [0.4, 0.5) is 0 Å². The molecule has 0 radical (unpaired) electrons. The first-order valence-electron chi connectivity index (χ1n) is 2.44. The fourth-order valence-corrected chi connectivity index (χ4v) is 0.626. The molecule has 0 bridgehead atoms. The van der Waals surface area contributed by atoms with Gasteiger partial charge in [0.1, 0.15) is 0 Å². The van der Waals surface area contributed by atoms with Crippen LogP contribution in [0.2, 0.25) is 0 Å². The van der Waals surface area contributed by atoms with Crippen LogP contribution in [0.5, 0.6) is 0 Å². The minimum atomic E-state index is -2.10. The Morgan fingerprint density at radius 2 is 2.38 bits per heavy atom. The van der Waals surface area contributed by atoms with Gasteiger partial charge in [-0.1, -0.05) is 6.92 Å². The lowest BCUT2D eigenvalue weighted by atomic mass is 10.3. The molecule has 0 aliphatic rings. The van der Waals surface area contributed by atoms with Gasteiger partial charge in [0.25, 0.3) is 0 Å². The fraction of sp³-hybridized carbons (Fsp3) is 1.00. The standard InChI is InChI=1S/C4H10O3S/c1-3-4(2)7-8(5)6/h4H,3H2,1-2H3,(H,5,6). The van der Waals surface area contributed by atoms with Crippen molar-refractivity contribution in [2.75, 3.05) is 0 Å². The van der Waals surface area contributed by atoms with Crippen molar-refractivity contribution in [2.45, 2.75) is 26.4 Å². The molecule has 0 fully saturated rings. The van der Waals surface area contributed by atoms with Gasteiger partial charge in [0, 0.05) is 0 Å². The van der Waals surface area contributed by atoms with Crippen LogP contribution in [-0.2, 0) is 15.5 Å². The molecule has 0 aromatic rings. The average Bonchev–Trinajstić information content (AvgIpc) is 1.65. The van der Waals surface area contributed by atoms with Gasteiger partial charge in [0.05, 0.1) is 6.10 Å². The van der Waals surface area contributed by atoms with Gasteiger partial charge in [-0.2, -0.15) is 4.21 Å². The molecule has 0 aromatic heterocycles. The van der Waals surface area contributed by atoms with Gasteiger partial charge in [0.15, 0.2) is 0 Å². The fourth-order valence-electron chi connectivity index (χ4n) is 0.209. The van der Waals surface area contributed by atoms with Crippen LogP contribution in [0.1, 0.15) is 20.3 Å². The van der Waals surface area contributed by atoms with Crippen LogP contribution in [0.3, 0.4) is 0 Å². The Morgan fingerprint density at radius 1 is 1.88 bits per heavy atom. The average molecular weight is 138 g/mol. The maximum atomic E-state index is 9.86. The molecule has 1 N–H and O–H groups in total. The molecular formula is C4H10O3S. The lowest BCUT2D eigenvalue weighted by Gasteiger charge is -2.02. The van der Waals surface area contributed by atoms with Crippen LogP contribution in [0, 0.1) is 0 Å². The molecule has 50 valence electrons. The smallest absolute Gasteiger partial charge is 0.284 e. The zero-order valence-corrected chi connectivity index (χ0v) is 5.77. The van der Waals surface area contributed by atoms with Crippen molar-refractivity contribution in [3.05, 3.63) is 0 Å². The first-order valence-corrected chi connectivity index (χ1v) is 3.48. The van der Waals surface area contributed by atoms with E-state index >= 15 is 0 Å². The van der Waals surface area contributed by atoms with E-state index in [1.165, 1.54) is 0 Å². The van der Waals surface area contributed by atoms with Crippen LogP contribution in [0.25, 0.3) is 0 Å². The van der Waals surface area contributed by atoms with Crippen LogP contribution >= 0.6 is 0 Å². The molecular weight excluding hydrogens is 128 g/mol. The Labute approximate surface area is 51.5 Å². The van der Waals surface area contributed by atoms with Crippen molar-refractivity contribution in [3.8, 4) is 0 Å². The summed E-state index contributed by atoms with van der Waals surface area (Å²) >= 11 is -2.10. The summed E-state index contributed by atoms with van der Waals surface area (Å²) < 4.78 is 22.4. The lowest BCUT2D eigenvalue weighted by Crippen LogP contribution is -2.07. The maximum absolute atomic E-state index is 9.86. The van der Waals surface area contributed by atoms with Gasteiger partial charge in [-0.3, -0.25) is 8.74 Å². The lowest BCUT2D eigenvalue weighted by molar-refractivity contribution is 0.218. The monoisotopic (exact) mass is 138 g/mol. The van der Waals surface area contributed by atoms with Gasteiger partial charge >= 0.3 is 11.4 Å². The topological polar surface area (TPSA) is 46.5 Å². The molecule has 0 aromatic carbocycles. The molecule has 0 saturated carbocycles. The summed E-state index contributed by atoms with van der Waals surface area (Å²) in [5, 5.41) is 0. The summed E-state index contributed by atoms with van der Waals surface area (Å²) in [4.78, 5) is 0. The van der Waals surface area contributed by atoms with Crippen molar-refractivity contribution in [1.82, 2.24) is 0 Å². The van der Waals surface area contributed by atoms with E-state index in [4.69, 9.17) is 4.55 Å². The molecule has 0 amide bonds. The third-order valence-electron chi connectivity index (χ3n) is 0.821. The molecule has 0 rings (SSSR count). The molecule has 0 spiro atoms. The Bertz CT molecular complexity index is 83.4. The van der Waals surface area contributed by atoms with E-state index in [1.54, 1.807) is 6.92 Å². The summed E-state index contributed by atoms with van der Waals surface area (Å²) in [6.45, 7) is 3.63. The summed E-state index contributed by atoms with van der Waals surface area (Å²) in [6, 6.07) is 0. The molecule has 2 atom stereocenters. The van der Waals surface area contributed by atoms with E-state index in [0.717, 1.165) is 6.42 Å². The van der Waals surface area contributed by atoms with Gasteiger partial charge in [-0.25, -0.2) is 0 Å². The maximum Gasteiger partial charge on any atom is 0.302 e. The van der Waals surface area contributed by atoms with Crippen molar-refractivity contribution >= 4 is 11.4 Å². The predicted octanol–water partition coefficient (Wildman–Crippen LogP) is 0.938.